The zero-order chi connectivity index (χ0) is 24.3. The maximum Gasteiger partial charge on any atom is 0.418 e. The van der Waals surface area contributed by atoms with Crippen LogP contribution in [0.15, 0.2) is 55.0 Å². The molecule has 3 aromatic rings. The molecule has 0 aliphatic carbocycles. The molecule has 0 saturated heterocycles. The number of nitro groups is 1. The fraction of sp³-hybridized carbons (Fsp3) is 0.150. The molecule has 0 saturated carbocycles. The highest BCUT2D eigenvalue weighted by atomic mass is 19.4. The maximum absolute atomic E-state index is 13.3. The van der Waals surface area contributed by atoms with Crippen molar-refractivity contribution in [3.05, 3.63) is 82.2 Å². The molecule has 0 aliphatic heterocycles. The van der Waals surface area contributed by atoms with Gasteiger partial charge >= 0.3 is 12.1 Å². The first-order valence-corrected chi connectivity index (χ1v) is 9.13. The average Bonchev–Trinajstić information content (AvgIpc) is 3.23. The Morgan fingerprint density at radius 1 is 1.18 bits per heavy atom. The number of nitrogens with one attached hydrogen (secondary N) is 1. The number of hydrogen-bond acceptors (Lipinski definition) is 6. The number of hydrogen-bond donors (Lipinski definition) is 1. The standard InChI is InChI=1S/C20H14F4N4O5/c1-11(18(29)26-16-7-6-14(28(31)32)8-15(16)20(22,23)24)33-19(30)17-9-25-10-27(17)13-4-2-12(21)3-5-13/h2-11H,1H3,(H,26,29). The first kappa shape index (κ1) is 23.4. The molecule has 9 nitrogen and oxygen atoms in total. The van der Waals surface area contributed by atoms with Gasteiger partial charge in [0.25, 0.3) is 11.6 Å². The summed E-state index contributed by atoms with van der Waals surface area (Å²) >= 11 is 0. The first-order chi connectivity index (χ1) is 15.5. The summed E-state index contributed by atoms with van der Waals surface area (Å²) in [4.78, 5) is 38.4. The summed E-state index contributed by atoms with van der Waals surface area (Å²) in [5, 5.41) is 12.7. The number of ether oxygens (including phenoxy) is 1. The minimum Gasteiger partial charge on any atom is -0.448 e. The molecule has 0 aliphatic rings. The van der Waals surface area contributed by atoms with Crippen molar-refractivity contribution < 1.29 is 36.8 Å². The number of anilines is 1. The van der Waals surface area contributed by atoms with Crippen LogP contribution in [0.2, 0.25) is 0 Å². The fourth-order valence-corrected chi connectivity index (χ4v) is 2.75. The first-order valence-electron chi connectivity index (χ1n) is 9.13. The van der Waals surface area contributed by atoms with Gasteiger partial charge in [-0.15, -0.1) is 0 Å². The Kier molecular flexibility index (Phi) is 6.42. The number of halogens is 4. The zero-order valence-electron chi connectivity index (χ0n) is 16.7. The summed E-state index contributed by atoms with van der Waals surface area (Å²) in [5.74, 6) is -2.62. The summed E-state index contributed by atoms with van der Waals surface area (Å²) in [6.07, 6.45) is -4.14. The van der Waals surface area contributed by atoms with Crippen LogP contribution in [0, 0.1) is 15.9 Å². The lowest BCUT2D eigenvalue weighted by Crippen LogP contribution is -2.31. The Bertz CT molecular complexity index is 1210. The number of carbonyl (C=O) groups excluding carboxylic acids is 2. The third kappa shape index (κ3) is 5.31. The monoisotopic (exact) mass is 466 g/mol. The summed E-state index contributed by atoms with van der Waals surface area (Å²) in [5.41, 5.74) is -2.73. The summed E-state index contributed by atoms with van der Waals surface area (Å²) in [6.45, 7) is 1.13. The lowest BCUT2D eigenvalue weighted by Gasteiger charge is -2.17. The van der Waals surface area contributed by atoms with Crippen molar-refractivity contribution >= 4 is 23.3 Å². The molecule has 1 atom stereocenters. The van der Waals surface area contributed by atoms with E-state index in [0.717, 1.165) is 37.4 Å². The summed E-state index contributed by atoms with van der Waals surface area (Å²) in [6, 6.07) is 6.87. The number of benzene rings is 2. The second kappa shape index (κ2) is 9.06. The highest BCUT2D eigenvalue weighted by Gasteiger charge is 2.36. The molecule has 1 aromatic heterocycles. The van der Waals surface area contributed by atoms with Crippen molar-refractivity contribution in [2.45, 2.75) is 19.2 Å². The minimum atomic E-state index is -4.99. The number of non-ortho nitro benzene ring substituents is 1. The van der Waals surface area contributed by atoms with E-state index in [4.69, 9.17) is 4.74 Å². The van der Waals surface area contributed by atoms with Crippen molar-refractivity contribution in [1.82, 2.24) is 9.55 Å². The molecule has 1 amide bonds. The third-order valence-electron chi connectivity index (χ3n) is 4.38. The molecule has 0 radical (unpaired) electrons. The van der Waals surface area contributed by atoms with Gasteiger partial charge in [0.1, 0.15) is 5.82 Å². The van der Waals surface area contributed by atoms with Crippen LogP contribution in [0.25, 0.3) is 5.69 Å². The number of nitrogens with zero attached hydrogens (tertiary/aromatic N) is 3. The molecular formula is C20H14F4N4O5. The second-order valence-corrected chi connectivity index (χ2v) is 6.65. The molecule has 172 valence electrons. The molecule has 1 N–H and O–H groups in total. The number of carbonyl (C=O) groups is 2. The topological polar surface area (TPSA) is 116 Å². The summed E-state index contributed by atoms with van der Waals surface area (Å²) in [7, 11) is 0. The highest BCUT2D eigenvalue weighted by molar-refractivity contribution is 5.97. The number of amides is 1. The molecule has 1 heterocycles. The van der Waals surface area contributed by atoms with E-state index >= 15 is 0 Å². The Labute approximate surface area is 182 Å². The SMILES string of the molecule is CC(OC(=O)c1cncn1-c1ccc(F)cc1)C(=O)Nc1ccc([N+](=O)[O-])cc1C(F)(F)F. The van der Waals surface area contributed by atoms with Crippen LogP contribution in [-0.4, -0.2) is 32.5 Å². The van der Waals surface area contributed by atoms with Gasteiger partial charge in [0.15, 0.2) is 11.8 Å². The lowest BCUT2D eigenvalue weighted by atomic mass is 10.1. The van der Waals surface area contributed by atoms with E-state index < -0.39 is 51.8 Å². The number of nitro benzene ring substituents is 1. The van der Waals surface area contributed by atoms with E-state index in [2.05, 4.69) is 4.98 Å². The fourth-order valence-electron chi connectivity index (χ4n) is 2.75. The van der Waals surface area contributed by atoms with Crippen LogP contribution in [-0.2, 0) is 15.7 Å². The van der Waals surface area contributed by atoms with Gasteiger partial charge in [-0.05, 0) is 37.3 Å². The van der Waals surface area contributed by atoms with Gasteiger partial charge in [0, 0.05) is 17.8 Å². The largest absolute Gasteiger partial charge is 0.448 e. The van der Waals surface area contributed by atoms with Gasteiger partial charge in [0.05, 0.1) is 28.7 Å². The van der Waals surface area contributed by atoms with Crippen molar-refractivity contribution in [1.29, 1.82) is 0 Å². The molecule has 1 unspecified atom stereocenters. The lowest BCUT2D eigenvalue weighted by molar-refractivity contribution is -0.385. The van der Waals surface area contributed by atoms with Crippen molar-refractivity contribution in [3.63, 3.8) is 0 Å². The molecule has 0 spiro atoms. The normalized spacial score (nSPS) is 12.2. The molecular weight excluding hydrogens is 452 g/mol. The molecule has 3 rings (SSSR count). The molecule has 0 bridgehead atoms. The van der Waals surface area contributed by atoms with Crippen LogP contribution in [0.3, 0.4) is 0 Å². The van der Waals surface area contributed by atoms with E-state index in [1.807, 2.05) is 5.32 Å². The predicted molar refractivity (Wildman–Crippen MR) is 105 cm³/mol. The van der Waals surface area contributed by atoms with Crippen LogP contribution < -0.4 is 5.32 Å². The number of alkyl halides is 3. The Balaban J connectivity index is 1.76. The Morgan fingerprint density at radius 2 is 1.85 bits per heavy atom. The summed E-state index contributed by atoms with van der Waals surface area (Å²) < 4.78 is 59.3. The van der Waals surface area contributed by atoms with Crippen molar-refractivity contribution in [3.8, 4) is 5.69 Å². The highest BCUT2D eigenvalue weighted by Crippen LogP contribution is 2.37. The number of aromatic nitrogens is 2. The second-order valence-electron chi connectivity index (χ2n) is 6.65. The van der Waals surface area contributed by atoms with Gasteiger partial charge in [0.2, 0.25) is 0 Å². The van der Waals surface area contributed by atoms with E-state index in [1.165, 1.54) is 23.0 Å². The van der Waals surface area contributed by atoms with E-state index in [0.29, 0.717) is 5.69 Å². The van der Waals surface area contributed by atoms with Gasteiger partial charge in [-0.3, -0.25) is 19.5 Å². The zero-order valence-corrected chi connectivity index (χ0v) is 16.7. The molecule has 33 heavy (non-hydrogen) atoms. The van der Waals surface area contributed by atoms with E-state index in [1.54, 1.807) is 0 Å². The number of imidazole rings is 1. The van der Waals surface area contributed by atoms with Gasteiger partial charge in [-0.2, -0.15) is 13.2 Å². The molecule has 13 heteroatoms. The number of rotatable bonds is 6. The maximum atomic E-state index is 13.3. The van der Waals surface area contributed by atoms with Crippen LogP contribution in [0.4, 0.5) is 28.9 Å². The Morgan fingerprint density at radius 3 is 2.45 bits per heavy atom. The molecule has 2 aromatic carbocycles. The van der Waals surface area contributed by atoms with Crippen LogP contribution in [0.1, 0.15) is 23.0 Å². The Hall–Kier alpha value is -4.29. The number of esters is 1. The smallest absolute Gasteiger partial charge is 0.418 e. The quantitative estimate of drug-likeness (QED) is 0.253. The van der Waals surface area contributed by atoms with Crippen molar-refractivity contribution in [2.24, 2.45) is 0 Å². The van der Waals surface area contributed by atoms with Gasteiger partial charge in [-0.25, -0.2) is 14.2 Å². The van der Waals surface area contributed by atoms with E-state index in [9.17, 15) is 37.3 Å². The van der Waals surface area contributed by atoms with Gasteiger partial charge in [-0.1, -0.05) is 0 Å². The third-order valence-corrected chi connectivity index (χ3v) is 4.38. The van der Waals surface area contributed by atoms with Crippen LogP contribution >= 0.6 is 0 Å². The van der Waals surface area contributed by atoms with Crippen molar-refractivity contribution in [2.75, 3.05) is 5.32 Å². The van der Waals surface area contributed by atoms with Gasteiger partial charge < -0.3 is 10.1 Å². The van der Waals surface area contributed by atoms with Crippen LogP contribution in [0.5, 0.6) is 0 Å². The van der Waals surface area contributed by atoms with E-state index in [-0.39, 0.29) is 11.8 Å². The molecule has 0 fully saturated rings. The average molecular weight is 466 g/mol. The minimum absolute atomic E-state index is 0.118. The predicted octanol–water partition coefficient (Wildman–Crippen LogP) is 4.12.